The Morgan fingerprint density at radius 3 is 2.19 bits per heavy atom. The van der Waals surface area contributed by atoms with Gasteiger partial charge in [0.05, 0.1) is 0 Å². The average Bonchev–Trinajstić information content (AvgIpc) is 2.13. The van der Waals surface area contributed by atoms with E-state index < -0.39 is 0 Å². The van der Waals surface area contributed by atoms with Crippen LogP contribution in [0.5, 0.6) is 0 Å². The molecule has 0 aliphatic carbocycles. The minimum atomic E-state index is 0.345. The summed E-state index contributed by atoms with van der Waals surface area (Å²) < 4.78 is 0. The van der Waals surface area contributed by atoms with Gasteiger partial charge in [0.25, 0.3) is 0 Å². The van der Waals surface area contributed by atoms with Gasteiger partial charge in [0.2, 0.25) is 0 Å². The number of piperidine rings is 1. The van der Waals surface area contributed by atoms with E-state index in [0.717, 1.165) is 0 Å². The van der Waals surface area contributed by atoms with Crippen LogP contribution >= 0.6 is 0 Å². The van der Waals surface area contributed by atoms with E-state index in [-0.39, 0.29) is 0 Å². The summed E-state index contributed by atoms with van der Waals surface area (Å²) in [6.45, 7) is 15.7. The molecule has 2 fully saturated rings. The monoisotopic (exact) mass is 224 g/mol. The molecule has 16 heavy (non-hydrogen) atoms. The molecule has 0 aromatic rings. The number of hydrogen-bond donors (Lipinski definition) is 0. The fourth-order valence-electron chi connectivity index (χ4n) is 3.60. The highest BCUT2D eigenvalue weighted by atomic mass is 15.3. The summed E-state index contributed by atoms with van der Waals surface area (Å²) in [7, 11) is 0. The first-order valence-electron chi connectivity index (χ1n) is 6.87. The minimum Gasteiger partial charge on any atom is -0.299 e. The summed E-state index contributed by atoms with van der Waals surface area (Å²) in [5.41, 5.74) is 0.860. The third-order valence-corrected chi connectivity index (χ3v) is 4.50. The van der Waals surface area contributed by atoms with Gasteiger partial charge in [-0.1, -0.05) is 0 Å². The van der Waals surface area contributed by atoms with Gasteiger partial charge >= 0.3 is 0 Å². The normalized spacial score (nSPS) is 33.4. The Morgan fingerprint density at radius 2 is 1.75 bits per heavy atom. The van der Waals surface area contributed by atoms with Crippen LogP contribution in [-0.4, -0.2) is 46.6 Å². The SMILES string of the molecule is CC(C)N1CCCC2(CCN2C(C)(C)C)C1. The Balaban J connectivity index is 2.08. The predicted octanol–water partition coefficient (Wildman–Crippen LogP) is 2.73. The fraction of sp³-hybridized carbons (Fsp3) is 1.00. The predicted molar refractivity (Wildman–Crippen MR) is 69.8 cm³/mol. The van der Waals surface area contributed by atoms with Crippen LogP contribution in [0.3, 0.4) is 0 Å². The van der Waals surface area contributed by atoms with Crippen LogP contribution in [0.15, 0.2) is 0 Å². The first kappa shape index (κ1) is 12.4. The Kier molecular flexibility index (Phi) is 3.09. The van der Waals surface area contributed by atoms with E-state index in [4.69, 9.17) is 0 Å². The van der Waals surface area contributed by atoms with Gasteiger partial charge in [-0.15, -0.1) is 0 Å². The third-order valence-electron chi connectivity index (χ3n) is 4.50. The van der Waals surface area contributed by atoms with Crippen molar-refractivity contribution < 1.29 is 0 Å². The molecule has 0 N–H and O–H groups in total. The molecule has 2 heterocycles. The highest BCUT2D eigenvalue weighted by molar-refractivity contribution is 5.07. The smallest absolute Gasteiger partial charge is 0.0354 e. The molecule has 2 aliphatic heterocycles. The summed E-state index contributed by atoms with van der Waals surface area (Å²) in [5.74, 6) is 0. The van der Waals surface area contributed by atoms with Gasteiger partial charge in [0, 0.05) is 30.2 Å². The number of likely N-dealkylation sites (tertiary alicyclic amines) is 2. The Morgan fingerprint density at radius 1 is 1.06 bits per heavy atom. The Hall–Kier alpha value is -0.0800. The standard InChI is InChI=1S/C14H28N2/c1-12(2)15-9-6-7-14(11-15)8-10-16(14)13(3,4)5/h12H,6-11H2,1-5H3. The molecule has 0 bridgehead atoms. The number of rotatable bonds is 1. The molecule has 2 saturated heterocycles. The van der Waals surface area contributed by atoms with Gasteiger partial charge in [0.1, 0.15) is 0 Å². The van der Waals surface area contributed by atoms with E-state index in [2.05, 4.69) is 44.4 Å². The summed E-state index contributed by atoms with van der Waals surface area (Å²) >= 11 is 0. The third kappa shape index (κ3) is 2.02. The lowest BCUT2D eigenvalue weighted by atomic mass is 9.74. The van der Waals surface area contributed by atoms with Crippen LogP contribution in [0.4, 0.5) is 0 Å². The van der Waals surface area contributed by atoms with Crippen molar-refractivity contribution >= 4 is 0 Å². The maximum atomic E-state index is 2.74. The van der Waals surface area contributed by atoms with Crippen LogP contribution in [-0.2, 0) is 0 Å². The van der Waals surface area contributed by atoms with Crippen LogP contribution in [0.1, 0.15) is 53.9 Å². The second kappa shape index (κ2) is 3.99. The molecule has 1 atom stereocenters. The van der Waals surface area contributed by atoms with Gasteiger partial charge in [-0.25, -0.2) is 0 Å². The first-order chi connectivity index (χ1) is 7.35. The molecule has 1 spiro atoms. The van der Waals surface area contributed by atoms with E-state index in [1.54, 1.807) is 0 Å². The van der Waals surface area contributed by atoms with Crippen LogP contribution < -0.4 is 0 Å². The zero-order chi connectivity index (χ0) is 12.0. The van der Waals surface area contributed by atoms with Crippen molar-refractivity contribution in [2.24, 2.45) is 0 Å². The lowest BCUT2D eigenvalue weighted by molar-refractivity contribution is -0.119. The second-order valence-electron chi connectivity index (χ2n) is 6.96. The van der Waals surface area contributed by atoms with E-state index in [1.165, 1.54) is 38.9 Å². The van der Waals surface area contributed by atoms with Crippen LogP contribution in [0, 0.1) is 0 Å². The molecular weight excluding hydrogens is 196 g/mol. The van der Waals surface area contributed by atoms with E-state index in [9.17, 15) is 0 Å². The summed E-state index contributed by atoms with van der Waals surface area (Å²) in [4.78, 5) is 5.41. The average molecular weight is 224 g/mol. The molecule has 2 heteroatoms. The molecule has 1 unspecified atom stereocenters. The van der Waals surface area contributed by atoms with Gasteiger partial charge in [-0.2, -0.15) is 0 Å². The molecule has 0 aromatic heterocycles. The first-order valence-corrected chi connectivity index (χ1v) is 6.87. The van der Waals surface area contributed by atoms with Crippen LogP contribution in [0.25, 0.3) is 0 Å². The highest BCUT2D eigenvalue weighted by Gasteiger charge is 2.51. The van der Waals surface area contributed by atoms with Crippen molar-refractivity contribution in [3.05, 3.63) is 0 Å². The van der Waals surface area contributed by atoms with Crippen LogP contribution in [0.2, 0.25) is 0 Å². The summed E-state index contributed by atoms with van der Waals surface area (Å²) in [5, 5.41) is 0. The zero-order valence-electron chi connectivity index (χ0n) is 11.7. The zero-order valence-corrected chi connectivity index (χ0v) is 11.7. The lowest BCUT2D eigenvalue weighted by Crippen LogP contribution is -2.71. The van der Waals surface area contributed by atoms with Crippen molar-refractivity contribution in [3.63, 3.8) is 0 Å². The van der Waals surface area contributed by atoms with Crippen molar-refractivity contribution in [3.8, 4) is 0 Å². The van der Waals surface area contributed by atoms with Crippen molar-refractivity contribution in [2.75, 3.05) is 19.6 Å². The molecule has 0 radical (unpaired) electrons. The fourth-order valence-corrected chi connectivity index (χ4v) is 3.60. The van der Waals surface area contributed by atoms with Gasteiger partial charge in [-0.3, -0.25) is 9.80 Å². The van der Waals surface area contributed by atoms with Crippen molar-refractivity contribution in [1.29, 1.82) is 0 Å². The van der Waals surface area contributed by atoms with E-state index >= 15 is 0 Å². The number of hydrogen-bond acceptors (Lipinski definition) is 2. The van der Waals surface area contributed by atoms with E-state index in [0.29, 0.717) is 17.1 Å². The minimum absolute atomic E-state index is 0.345. The largest absolute Gasteiger partial charge is 0.299 e. The maximum absolute atomic E-state index is 2.74. The molecular formula is C14H28N2. The molecule has 2 nitrogen and oxygen atoms in total. The molecule has 2 rings (SSSR count). The van der Waals surface area contributed by atoms with Gasteiger partial charge < -0.3 is 0 Å². The Bertz CT molecular complexity index is 254. The number of nitrogens with zero attached hydrogens (tertiary/aromatic N) is 2. The topological polar surface area (TPSA) is 6.48 Å². The molecule has 94 valence electrons. The lowest BCUT2D eigenvalue weighted by Gasteiger charge is -2.62. The van der Waals surface area contributed by atoms with E-state index in [1.807, 2.05) is 0 Å². The van der Waals surface area contributed by atoms with Gasteiger partial charge in [0.15, 0.2) is 0 Å². The quantitative estimate of drug-likeness (QED) is 0.676. The summed E-state index contributed by atoms with van der Waals surface area (Å²) in [6, 6.07) is 0.708. The van der Waals surface area contributed by atoms with Crippen molar-refractivity contribution in [1.82, 2.24) is 9.80 Å². The molecule has 0 aromatic carbocycles. The molecule has 0 amide bonds. The molecule has 2 aliphatic rings. The second-order valence-corrected chi connectivity index (χ2v) is 6.96. The van der Waals surface area contributed by atoms with Crippen molar-refractivity contribution in [2.45, 2.75) is 71.0 Å². The highest BCUT2D eigenvalue weighted by Crippen LogP contribution is 2.43. The molecule has 0 saturated carbocycles. The Labute approximate surface area is 101 Å². The summed E-state index contributed by atoms with van der Waals surface area (Å²) in [6.07, 6.45) is 4.20. The maximum Gasteiger partial charge on any atom is 0.0354 e. The van der Waals surface area contributed by atoms with Gasteiger partial charge in [-0.05, 0) is 60.4 Å².